The Labute approximate surface area is 148 Å². The van der Waals surface area contributed by atoms with Crippen LogP contribution < -0.4 is 0 Å². The SMILES string of the molecule is COC(=O)CCCC[C@@H](O)c1ccc(-c2ccc(SC)cc2)cc1. The zero-order valence-electron chi connectivity index (χ0n) is 14.2. The quantitative estimate of drug-likeness (QED) is 0.423. The van der Waals surface area contributed by atoms with Crippen LogP contribution in [0, 0.1) is 0 Å². The third kappa shape index (κ3) is 5.39. The van der Waals surface area contributed by atoms with E-state index in [-0.39, 0.29) is 5.97 Å². The molecule has 4 heteroatoms. The maximum atomic E-state index is 11.1. The van der Waals surface area contributed by atoms with Crippen LogP contribution in [0.2, 0.25) is 0 Å². The van der Waals surface area contributed by atoms with Crippen LogP contribution in [-0.2, 0) is 9.53 Å². The minimum Gasteiger partial charge on any atom is -0.469 e. The van der Waals surface area contributed by atoms with Crippen LogP contribution in [-0.4, -0.2) is 24.4 Å². The van der Waals surface area contributed by atoms with Gasteiger partial charge >= 0.3 is 5.97 Å². The summed E-state index contributed by atoms with van der Waals surface area (Å²) in [6.45, 7) is 0. The summed E-state index contributed by atoms with van der Waals surface area (Å²) in [4.78, 5) is 12.3. The molecule has 0 bridgehead atoms. The minimum atomic E-state index is -0.490. The van der Waals surface area contributed by atoms with Crippen molar-refractivity contribution in [3.63, 3.8) is 0 Å². The Morgan fingerprint density at radius 3 is 2.17 bits per heavy atom. The summed E-state index contributed by atoms with van der Waals surface area (Å²) in [5, 5.41) is 10.3. The molecule has 3 nitrogen and oxygen atoms in total. The largest absolute Gasteiger partial charge is 0.469 e. The van der Waals surface area contributed by atoms with Crippen molar-refractivity contribution >= 4 is 17.7 Å². The minimum absolute atomic E-state index is 0.193. The van der Waals surface area contributed by atoms with E-state index in [1.807, 2.05) is 24.3 Å². The highest BCUT2D eigenvalue weighted by Gasteiger charge is 2.09. The fraction of sp³-hybridized carbons (Fsp3) is 0.350. The first-order valence-corrected chi connectivity index (χ1v) is 9.36. The molecule has 128 valence electrons. The van der Waals surface area contributed by atoms with Crippen LogP contribution in [0.1, 0.15) is 37.4 Å². The van der Waals surface area contributed by atoms with Crippen molar-refractivity contribution < 1.29 is 14.6 Å². The highest BCUT2D eigenvalue weighted by Crippen LogP contribution is 2.26. The number of methoxy groups -OCH3 is 1. The third-order valence-corrected chi connectivity index (χ3v) is 4.80. The first kappa shape index (κ1) is 18.6. The number of benzene rings is 2. The topological polar surface area (TPSA) is 46.5 Å². The summed E-state index contributed by atoms with van der Waals surface area (Å²) in [6, 6.07) is 16.5. The molecule has 24 heavy (non-hydrogen) atoms. The molecule has 0 saturated heterocycles. The van der Waals surface area contributed by atoms with Crippen molar-refractivity contribution in [2.24, 2.45) is 0 Å². The molecular weight excluding hydrogens is 320 g/mol. The van der Waals surface area contributed by atoms with Crippen LogP contribution >= 0.6 is 11.8 Å². The van der Waals surface area contributed by atoms with Crippen molar-refractivity contribution in [1.29, 1.82) is 0 Å². The molecule has 2 aromatic carbocycles. The number of aliphatic hydroxyl groups is 1. The molecule has 0 aromatic heterocycles. The summed E-state index contributed by atoms with van der Waals surface area (Å²) in [5.74, 6) is -0.193. The van der Waals surface area contributed by atoms with E-state index in [0.29, 0.717) is 12.8 Å². The lowest BCUT2D eigenvalue weighted by Gasteiger charge is -2.12. The average Bonchev–Trinajstić information content (AvgIpc) is 2.65. The Morgan fingerprint density at radius 1 is 1.04 bits per heavy atom. The first-order chi connectivity index (χ1) is 11.6. The van der Waals surface area contributed by atoms with E-state index in [9.17, 15) is 9.90 Å². The van der Waals surface area contributed by atoms with Gasteiger partial charge in [-0.3, -0.25) is 4.79 Å². The Balaban J connectivity index is 1.89. The first-order valence-electron chi connectivity index (χ1n) is 8.13. The normalized spacial score (nSPS) is 12.0. The van der Waals surface area contributed by atoms with Crippen molar-refractivity contribution in [1.82, 2.24) is 0 Å². The van der Waals surface area contributed by atoms with E-state index in [4.69, 9.17) is 0 Å². The molecule has 0 unspecified atom stereocenters. The number of carbonyl (C=O) groups excluding carboxylic acids is 1. The fourth-order valence-corrected chi connectivity index (χ4v) is 2.97. The molecule has 1 atom stereocenters. The molecule has 0 aliphatic carbocycles. The van der Waals surface area contributed by atoms with Crippen molar-refractivity contribution in [3.05, 3.63) is 54.1 Å². The van der Waals surface area contributed by atoms with Crippen LogP contribution in [0.3, 0.4) is 0 Å². The predicted molar refractivity (Wildman–Crippen MR) is 99.1 cm³/mol. The highest BCUT2D eigenvalue weighted by molar-refractivity contribution is 7.98. The second-order valence-electron chi connectivity index (χ2n) is 5.69. The second kappa shape index (κ2) is 9.50. The molecular formula is C20H24O3S. The Kier molecular flexibility index (Phi) is 7.35. The summed E-state index contributed by atoms with van der Waals surface area (Å²) in [7, 11) is 1.40. The molecule has 0 heterocycles. The monoisotopic (exact) mass is 344 g/mol. The summed E-state index contributed by atoms with van der Waals surface area (Å²) in [6.07, 6.45) is 4.18. The molecule has 0 spiro atoms. The van der Waals surface area contributed by atoms with Crippen LogP contribution in [0.5, 0.6) is 0 Å². The average molecular weight is 344 g/mol. The van der Waals surface area contributed by atoms with Gasteiger partial charge in [0.05, 0.1) is 13.2 Å². The number of unbranched alkanes of at least 4 members (excludes halogenated alkanes) is 1. The van der Waals surface area contributed by atoms with Gasteiger partial charge in [-0.05, 0) is 54.3 Å². The van der Waals surface area contributed by atoms with Gasteiger partial charge in [0.2, 0.25) is 0 Å². The molecule has 2 rings (SSSR count). The lowest BCUT2D eigenvalue weighted by Crippen LogP contribution is -2.01. The standard InChI is InChI=1S/C20H24O3S/c1-23-20(22)6-4-3-5-19(21)17-9-7-15(8-10-17)16-11-13-18(24-2)14-12-16/h7-14,19,21H,3-6H2,1-2H3/t19-/m1/s1. The van der Waals surface area contributed by atoms with Crippen LogP contribution in [0.25, 0.3) is 11.1 Å². The lowest BCUT2D eigenvalue weighted by atomic mass is 9.99. The molecule has 0 saturated carbocycles. The van der Waals surface area contributed by atoms with E-state index in [1.54, 1.807) is 11.8 Å². The maximum absolute atomic E-state index is 11.1. The number of rotatable bonds is 8. The predicted octanol–water partition coefficient (Wildman–Crippen LogP) is 4.84. The fourth-order valence-electron chi connectivity index (χ4n) is 2.56. The molecule has 0 radical (unpaired) electrons. The van der Waals surface area contributed by atoms with Crippen molar-refractivity contribution in [2.75, 3.05) is 13.4 Å². The number of ether oxygens (including phenoxy) is 1. The van der Waals surface area contributed by atoms with Gasteiger partial charge < -0.3 is 9.84 Å². The molecule has 0 fully saturated rings. The van der Waals surface area contributed by atoms with Crippen LogP contribution in [0.15, 0.2) is 53.4 Å². The zero-order valence-corrected chi connectivity index (χ0v) is 15.0. The summed E-state index contributed by atoms with van der Waals surface area (Å²) < 4.78 is 4.61. The summed E-state index contributed by atoms with van der Waals surface area (Å²) in [5.41, 5.74) is 3.23. The van der Waals surface area contributed by atoms with E-state index in [1.165, 1.54) is 17.6 Å². The van der Waals surface area contributed by atoms with Gasteiger partial charge in [-0.1, -0.05) is 36.4 Å². The van der Waals surface area contributed by atoms with Crippen molar-refractivity contribution in [2.45, 2.75) is 36.7 Å². The van der Waals surface area contributed by atoms with Gasteiger partial charge in [-0.2, -0.15) is 0 Å². The molecule has 2 aromatic rings. The van der Waals surface area contributed by atoms with E-state index in [0.717, 1.165) is 24.0 Å². The van der Waals surface area contributed by atoms with Gasteiger partial charge in [0, 0.05) is 11.3 Å². The van der Waals surface area contributed by atoms with Crippen molar-refractivity contribution in [3.8, 4) is 11.1 Å². The number of carbonyl (C=O) groups is 1. The Bertz CT molecular complexity index is 635. The zero-order chi connectivity index (χ0) is 17.4. The van der Waals surface area contributed by atoms with Gasteiger partial charge in [0.25, 0.3) is 0 Å². The van der Waals surface area contributed by atoms with Gasteiger partial charge in [0.15, 0.2) is 0 Å². The van der Waals surface area contributed by atoms with E-state index in [2.05, 4.69) is 35.3 Å². The lowest BCUT2D eigenvalue weighted by molar-refractivity contribution is -0.140. The number of aliphatic hydroxyl groups excluding tert-OH is 1. The molecule has 0 aliphatic heterocycles. The third-order valence-electron chi connectivity index (χ3n) is 4.05. The number of hydrogen-bond acceptors (Lipinski definition) is 4. The van der Waals surface area contributed by atoms with E-state index < -0.39 is 6.10 Å². The second-order valence-corrected chi connectivity index (χ2v) is 6.57. The molecule has 0 amide bonds. The maximum Gasteiger partial charge on any atom is 0.305 e. The van der Waals surface area contributed by atoms with Gasteiger partial charge in [0.1, 0.15) is 0 Å². The van der Waals surface area contributed by atoms with Crippen LogP contribution in [0.4, 0.5) is 0 Å². The molecule has 1 N–H and O–H groups in total. The summed E-state index contributed by atoms with van der Waals surface area (Å²) >= 11 is 1.73. The number of thioether (sulfide) groups is 1. The Hall–Kier alpha value is -1.78. The molecule has 0 aliphatic rings. The van der Waals surface area contributed by atoms with Gasteiger partial charge in [-0.15, -0.1) is 11.8 Å². The smallest absolute Gasteiger partial charge is 0.305 e. The number of esters is 1. The number of hydrogen-bond donors (Lipinski definition) is 1. The Morgan fingerprint density at radius 2 is 1.62 bits per heavy atom. The van der Waals surface area contributed by atoms with Gasteiger partial charge in [-0.25, -0.2) is 0 Å². The van der Waals surface area contributed by atoms with E-state index >= 15 is 0 Å². The highest BCUT2D eigenvalue weighted by atomic mass is 32.2.